The standard InChI is InChI=1S/C8H7NO3/c10-5-3-1-2-4-6(5)8(12)9-7(4)11/h1,3-4,6H,2H2,(H,9,11,12). The SMILES string of the molecule is O=C1NC(=O)C2C(=O)C=CCC12. The molecule has 1 fully saturated rings. The molecule has 2 aliphatic rings. The maximum Gasteiger partial charge on any atom is 0.238 e. The van der Waals surface area contributed by atoms with E-state index in [0.717, 1.165) is 0 Å². The number of amides is 2. The molecular formula is C8H7NO3. The topological polar surface area (TPSA) is 63.2 Å². The van der Waals surface area contributed by atoms with Crippen LogP contribution in [-0.4, -0.2) is 17.6 Å². The van der Waals surface area contributed by atoms with E-state index in [2.05, 4.69) is 5.32 Å². The monoisotopic (exact) mass is 165 g/mol. The van der Waals surface area contributed by atoms with Crippen molar-refractivity contribution in [1.82, 2.24) is 5.32 Å². The van der Waals surface area contributed by atoms with Gasteiger partial charge in [0.2, 0.25) is 11.8 Å². The molecule has 12 heavy (non-hydrogen) atoms. The van der Waals surface area contributed by atoms with Gasteiger partial charge < -0.3 is 0 Å². The number of carbonyl (C=O) groups is 3. The second-order valence-electron chi connectivity index (χ2n) is 2.98. The van der Waals surface area contributed by atoms with Gasteiger partial charge in [0.15, 0.2) is 5.78 Å². The highest BCUT2D eigenvalue weighted by atomic mass is 16.2. The number of carbonyl (C=O) groups excluding carboxylic acids is 3. The summed E-state index contributed by atoms with van der Waals surface area (Å²) in [4.78, 5) is 33.2. The predicted octanol–water partition coefficient (Wildman–Crippen LogP) is -0.596. The van der Waals surface area contributed by atoms with Gasteiger partial charge in [-0.15, -0.1) is 0 Å². The first kappa shape index (κ1) is 7.21. The zero-order chi connectivity index (χ0) is 8.72. The van der Waals surface area contributed by atoms with Gasteiger partial charge in [-0.05, 0) is 12.5 Å². The Morgan fingerprint density at radius 3 is 2.67 bits per heavy atom. The third-order valence-corrected chi connectivity index (χ3v) is 2.25. The molecule has 1 heterocycles. The van der Waals surface area contributed by atoms with Crippen LogP contribution in [0.25, 0.3) is 0 Å². The van der Waals surface area contributed by atoms with Crippen LogP contribution in [0, 0.1) is 11.8 Å². The van der Waals surface area contributed by atoms with Crippen molar-refractivity contribution in [2.45, 2.75) is 6.42 Å². The number of nitrogens with one attached hydrogen (secondary N) is 1. The van der Waals surface area contributed by atoms with Gasteiger partial charge in [-0.1, -0.05) is 6.08 Å². The molecule has 1 aliphatic carbocycles. The lowest BCUT2D eigenvalue weighted by Gasteiger charge is -2.13. The zero-order valence-electron chi connectivity index (χ0n) is 6.24. The molecule has 62 valence electrons. The fourth-order valence-electron chi connectivity index (χ4n) is 1.63. The van der Waals surface area contributed by atoms with E-state index in [4.69, 9.17) is 0 Å². The molecular weight excluding hydrogens is 158 g/mol. The van der Waals surface area contributed by atoms with Crippen LogP contribution in [0.15, 0.2) is 12.2 Å². The molecule has 0 spiro atoms. The Balaban J connectivity index is 2.39. The maximum absolute atomic E-state index is 11.1. The summed E-state index contributed by atoms with van der Waals surface area (Å²) in [7, 11) is 0. The number of fused-ring (bicyclic) bond motifs is 1. The molecule has 4 heteroatoms. The van der Waals surface area contributed by atoms with Gasteiger partial charge in [0, 0.05) is 0 Å². The van der Waals surface area contributed by atoms with Crippen LogP contribution in [0.5, 0.6) is 0 Å². The lowest BCUT2D eigenvalue weighted by Crippen LogP contribution is -2.28. The van der Waals surface area contributed by atoms with E-state index >= 15 is 0 Å². The average Bonchev–Trinajstić information content (AvgIpc) is 2.29. The summed E-state index contributed by atoms with van der Waals surface area (Å²) in [5, 5.41) is 2.15. The highest BCUT2D eigenvalue weighted by Crippen LogP contribution is 2.27. The average molecular weight is 165 g/mol. The molecule has 0 aromatic heterocycles. The van der Waals surface area contributed by atoms with Gasteiger partial charge in [-0.25, -0.2) is 0 Å². The summed E-state index contributed by atoms with van der Waals surface area (Å²) in [5.74, 6) is -2.21. The van der Waals surface area contributed by atoms with Crippen molar-refractivity contribution in [3.8, 4) is 0 Å². The van der Waals surface area contributed by atoms with Crippen molar-refractivity contribution >= 4 is 17.6 Å². The number of hydrogen-bond acceptors (Lipinski definition) is 3. The van der Waals surface area contributed by atoms with Gasteiger partial charge >= 0.3 is 0 Å². The molecule has 0 aromatic carbocycles. The molecule has 1 aliphatic heterocycles. The van der Waals surface area contributed by atoms with Crippen molar-refractivity contribution in [1.29, 1.82) is 0 Å². The Labute approximate surface area is 68.6 Å². The van der Waals surface area contributed by atoms with Crippen LogP contribution in [0.3, 0.4) is 0 Å². The zero-order valence-corrected chi connectivity index (χ0v) is 6.24. The van der Waals surface area contributed by atoms with Crippen LogP contribution in [-0.2, 0) is 14.4 Å². The van der Waals surface area contributed by atoms with Crippen LogP contribution < -0.4 is 5.32 Å². The minimum absolute atomic E-state index is 0.255. The van der Waals surface area contributed by atoms with Crippen LogP contribution in [0.1, 0.15) is 6.42 Å². The lowest BCUT2D eigenvalue weighted by molar-refractivity contribution is -0.130. The Bertz CT molecular complexity index is 305. The summed E-state index contributed by atoms with van der Waals surface area (Å²) in [6.45, 7) is 0. The minimum atomic E-state index is -0.748. The number of hydrogen-bond donors (Lipinski definition) is 1. The number of imide groups is 1. The molecule has 1 saturated heterocycles. The van der Waals surface area contributed by atoms with Crippen molar-refractivity contribution < 1.29 is 14.4 Å². The first-order valence-corrected chi connectivity index (χ1v) is 3.75. The fraction of sp³-hybridized carbons (Fsp3) is 0.375. The lowest BCUT2D eigenvalue weighted by atomic mass is 9.84. The van der Waals surface area contributed by atoms with Gasteiger partial charge in [-0.3, -0.25) is 19.7 Å². The molecule has 0 saturated carbocycles. The largest absolute Gasteiger partial charge is 0.296 e. The highest BCUT2D eigenvalue weighted by molar-refractivity contribution is 6.18. The second-order valence-corrected chi connectivity index (χ2v) is 2.98. The van der Waals surface area contributed by atoms with E-state index in [1.807, 2.05) is 0 Å². The third-order valence-electron chi connectivity index (χ3n) is 2.25. The minimum Gasteiger partial charge on any atom is -0.296 e. The quantitative estimate of drug-likeness (QED) is 0.385. The summed E-state index contributed by atoms with van der Waals surface area (Å²) < 4.78 is 0. The summed E-state index contributed by atoms with van der Waals surface area (Å²) in [6.07, 6.45) is 3.51. The number of allylic oxidation sites excluding steroid dienone is 2. The molecule has 0 bridgehead atoms. The van der Waals surface area contributed by atoms with Gasteiger partial charge in [0.05, 0.1) is 5.92 Å². The predicted molar refractivity (Wildman–Crippen MR) is 38.9 cm³/mol. The van der Waals surface area contributed by atoms with Gasteiger partial charge in [-0.2, -0.15) is 0 Å². The van der Waals surface area contributed by atoms with Crippen molar-refractivity contribution in [2.75, 3.05) is 0 Å². The molecule has 0 radical (unpaired) electrons. The third kappa shape index (κ3) is 0.809. The van der Waals surface area contributed by atoms with E-state index < -0.39 is 17.7 Å². The van der Waals surface area contributed by atoms with Gasteiger partial charge in [0.1, 0.15) is 5.92 Å². The smallest absolute Gasteiger partial charge is 0.238 e. The van der Waals surface area contributed by atoms with Crippen molar-refractivity contribution in [2.24, 2.45) is 11.8 Å². The molecule has 2 rings (SSSR count). The number of rotatable bonds is 0. The Morgan fingerprint density at radius 1 is 1.25 bits per heavy atom. The van der Waals surface area contributed by atoms with Crippen molar-refractivity contribution in [3.63, 3.8) is 0 Å². The van der Waals surface area contributed by atoms with Gasteiger partial charge in [0.25, 0.3) is 0 Å². The molecule has 0 aromatic rings. The maximum atomic E-state index is 11.1. The van der Waals surface area contributed by atoms with E-state index in [9.17, 15) is 14.4 Å². The second kappa shape index (κ2) is 2.27. The van der Waals surface area contributed by atoms with E-state index in [1.54, 1.807) is 6.08 Å². The van der Waals surface area contributed by atoms with E-state index in [1.165, 1.54) is 6.08 Å². The Morgan fingerprint density at radius 2 is 2.00 bits per heavy atom. The van der Waals surface area contributed by atoms with Crippen LogP contribution in [0.2, 0.25) is 0 Å². The Kier molecular flexibility index (Phi) is 1.36. The first-order chi connectivity index (χ1) is 5.70. The highest BCUT2D eigenvalue weighted by Gasteiger charge is 2.45. The number of ketones is 1. The Hall–Kier alpha value is -1.45. The first-order valence-electron chi connectivity index (χ1n) is 3.75. The normalized spacial score (nSPS) is 33.5. The molecule has 2 atom stereocenters. The van der Waals surface area contributed by atoms with Crippen LogP contribution >= 0.6 is 0 Å². The summed E-state index contributed by atoms with van der Waals surface area (Å²) in [5.41, 5.74) is 0. The summed E-state index contributed by atoms with van der Waals surface area (Å²) >= 11 is 0. The molecule has 4 nitrogen and oxygen atoms in total. The molecule has 2 unspecified atom stereocenters. The van der Waals surface area contributed by atoms with Crippen molar-refractivity contribution in [3.05, 3.63) is 12.2 Å². The molecule has 2 amide bonds. The van der Waals surface area contributed by atoms with Crippen LogP contribution in [0.4, 0.5) is 0 Å². The van der Waals surface area contributed by atoms with E-state index in [0.29, 0.717) is 6.42 Å². The summed E-state index contributed by atoms with van der Waals surface area (Å²) in [6, 6.07) is 0. The fourth-order valence-corrected chi connectivity index (χ4v) is 1.63. The molecule has 1 N–H and O–H groups in total. The van der Waals surface area contributed by atoms with E-state index in [-0.39, 0.29) is 11.7 Å².